The third-order valence-electron chi connectivity index (χ3n) is 4.06. The molecule has 0 saturated carbocycles. The average Bonchev–Trinajstić information content (AvgIpc) is 3.01. The minimum Gasteiger partial charge on any atom is -0.492 e. The highest BCUT2D eigenvalue weighted by Crippen LogP contribution is 2.31. The number of pyridine rings is 1. The lowest BCUT2D eigenvalue weighted by molar-refractivity contribution is 0.455. The lowest BCUT2D eigenvalue weighted by Gasteiger charge is -2.18. The van der Waals surface area contributed by atoms with E-state index in [4.69, 9.17) is 0 Å². The van der Waals surface area contributed by atoms with Gasteiger partial charge in [-0.2, -0.15) is 4.98 Å². The Morgan fingerprint density at radius 2 is 2.00 bits per heavy atom. The van der Waals surface area contributed by atoms with Crippen molar-refractivity contribution in [2.45, 2.75) is 6.42 Å². The van der Waals surface area contributed by atoms with Gasteiger partial charge in [0.05, 0.1) is 0 Å². The number of hydrogen-bond acceptors (Lipinski definition) is 6. The first-order valence-electron chi connectivity index (χ1n) is 7.77. The Bertz CT molecular complexity index is 784. The number of rotatable bonds is 2. The second kappa shape index (κ2) is 9.78. The summed E-state index contributed by atoms with van der Waals surface area (Å²) in [4.78, 5) is 18.1. The van der Waals surface area contributed by atoms with E-state index in [0.717, 1.165) is 43.7 Å². The van der Waals surface area contributed by atoms with Gasteiger partial charge in [0.1, 0.15) is 5.69 Å². The fourth-order valence-electron chi connectivity index (χ4n) is 2.87. The Morgan fingerprint density at radius 3 is 2.85 bits per heavy atom. The van der Waals surface area contributed by atoms with Gasteiger partial charge in [-0.25, -0.2) is 9.98 Å². The number of nitrogens with one attached hydrogen (secondary N) is 2. The van der Waals surface area contributed by atoms with Gasteiger partial charge in [0.15, 0.2) is 5.82 Å². The largest absolute Gasteiger partial charge is 0.492 e. The summed E-state index contributed by atoms with van der Waals surface area (Å²) in [6.45, 7) is 3.73. The molecule has 0 aliphatic carbocycles. The highest BCUT2D eigenvalue weighted by molar-refractivity contribution is 6.20. The van der Waals surface area contributed by atoms with Crippen LogP contribution in [0.4, 0.5) is 11.8 Å². The molecule has 2 aromatic rings. The zero-order valence-electron chi connectivity index (χ0n) is 13.9. The SMILES string of the molecule is Cl.Cl.Cl.Oc1nc(N2CCCNCC2)[nH]c1C=C1C=Nc2ncccc21. The van der Waals surface area contributed by atoms with Crippen molar-refractivity contribution < 1.29 is 5.11 Å². The zero-order chi connectivity index (χ0) is 15.6. The van der Waals surface area contributed by atoms with Gasteiger partial charge in [-0.3, -0.25) is 0 Å². The Kier molecular flexibility index (Phi) is 8.36. The fourth-order valence-corrected chi connectivity index (χ4v) is 2.87. The van der Waals surface area contributed by atoms with Crippen LogP contribution >= 0.6 is 37.2 Å². The predicted molar refractivity (Wildman–Crippen MR) is 112 cm³/mol. The number of anilines is 1. The van der Waals surface area contributed by atoms with Crippen molar-refractivity contribution in [2.75, 3.05) is 31.1 Å². The molecule has 4 heterocycles. The zero-order valence-corrected chi connectivity index (χ0v) is 16.3. The molecule has 26 heavy (non-hydrogen) atoms. The molecule has 0 aromatic carbocycles. The number of fused-ring (bicyclic) bond motifs is 1. The lowest BCUT2D eigenvalue weighted by Crippen LogP contribution is -2.28. The standard InChI is InChI=1S/C16H18N6O.3ClH/c23-15-13(9-11-10-19-14-12(11)3-1-5-18-14)20-16(21-15)22-7-2-4-17-6-8-22;;;/h1,3,5,9-10,17,23H,2,4,6-8H2,(H,20,21);3*1H. The summed E-state index contributed by atoms with van der Waals surface area (Å²) in [6, 6.07) is 3.85. The summed E-state index contributed by atoms with van der Waals surface area (Å²) >= 11 is 0. The summed E-state index contributed by atoms with van der Waals surface area (Å²) in [5.74, 6) is 1.42. The number of nitrogens with zero attached hydrogens (tertiary/aromatic N) is 4. The van der Waals surface area contributed by atoms with Crippen LogP contribution in [0.15, 0.2) is 23.3 Å². The third-order valence-corrected chi connectivity index (χ3v) is 4.06. The summed E-state index contributed by atoms with van der Waals surface area (Å²) < 4.78 is 0. The minimum atomic E-state index is 0. The topological polar surface area (TPSA) is 89.4 Å². The number of aliphatic imine (C=N–C) groups is 1. The highest BCUT2D eigenvalue weighted by Gasteiger charge is 2.18. The molecule has 7 nitrogen and oxygen atoms in total. The molecule has 3 N–H and O–H groups in total. The van der Waals surface area contributed by atoms with Crippen molar-refractivity contribution in [3.05, 3.63) is 29.6 Å². The van der Waals surface area contributed by atoms with Crippen LogP contribution in [0, 0.1) is 0 Å². The maximum Gasteiger partial charge on any atom is 0.238 e. The molecule has 4 rings (SSSR count). The van der Waals surface area contributed by atoms with E-state index in [2.05, 4.69) is 30.2 Å². The van der Waals surface area contributed by atoms with Crippen LogP contribution in [-0.4, -0.2) is 52.5 Å². The normalized spacial score (nSPS) is 16.9. The molecule has 2 aliphatic heterocycles. The van der Waals surface area contributed by atoms with E-state index in [1.54, 1.807) is 12.4 Å². The number of allylic oxidation sites excluding steroid dienone is 1. The van der Waals surface area contributed by atoms with Gasteiger partial charge in [0.25, 0.3) is 0 Å². The van der Waals surface area contributed by atoms with Crippen LogP contribution in [0.2, 0.25) is 0 Å². The third kappa shape index (κ3) is 4.48. The first-order chi connectivity index (χ1) is 11.3. The molecule has 1 saturated heterocycles. The van der Waals surface area contributed by atoms with Crippen LogP contribution in [0.1, 0.15) is 17.7 Å². The molecule has 142 valence electrons. The second-order valence-electron chi connectivity index (χ2n) is 5.62. The first kappa shape index (κ1) is 22.2. The number of imidazole rings is 1. The summed E-state index contributed by atoms with van der Waals surface area (Å²) in [6.07, 6.45) is 6.40. The molecule has 0 atom stereocenters. The minimum absolute atomic E-state index is 0. The summed E-state index contributed by atoms with van der Waals surface area (Å²) in [7, 11) is 0. The highest BCUT2D eigenvalue weighted by atomic mass is 35.5. The second-order valence-corrected chi connectivity index (χ2v) is 5.62. The molecule has 0 radical (unpaired) electrons. The van der Waals surface area contributed by atoms with Crippen molar-refractivity contribution in [1.29, 1.82) is 0 Å². The fraction of sp³-hybridized carbons (Fsp3) is 0.312. The number of aromatic hydroxyl groups is 1. The molecule has 0 amide bonds. The Morgan fingerprint density at radius 1 is 1.15 bits per heavy atom. The van der Waals surface area contributed by atoms with E-state index in [0.29, 0.717) is 17.5 Å². The van der Waals surface area contributed by atoms with Crippen LogP contribution in [-0.2, 0) is 0 Å². The number of halogens is 3. The number of aromatic amines is 1. The molecule has 10 heteroatoms. The van der Waals surface area contributed by atoms with Crippen LogP contribution in [0.25, 0.3) is 11.6 Å². The summed E-state index contributed by atoms with van der Waals surface area (Å²) in [5.41, 5.74) is 2.47. The van der Waals surface area contributed by atoms with E-state index in [-0.39, 0.29) is 43.1 Å². The van der Waals surface area contributed by atoms with Gasteiger partial charge in [-0.15, -0.1) is 37.2 Å². The van der Waals surface area contributed by atoms with Crippen molar-refractivity contribution in [1.82, 2.24) is 20.3 Å². The molecule has 2 aliphatic rings. The molecule has 0 spiro atoms. The monoisotopic (exact) mass is 418 g/mol. The first-order valence-corrected chi connectivity index (χ1v) is 7.77. The number of H-pyrrole nitrogens is 1. The molecule has 0 bridgehead atoms. The van der Waals surface area contributed by atoms with Gasteiger partial charge < -0.3 is 20.3 Å². The molecule has 1 fully saturated rings. The maximum atomic E-state index is 10.2. The van der Waals surface area contributed by atoms with Crippen molar-refractivity contribution >= 4 is 66.9 Å². The van der Waals surface area contributed by atoms with Gasteiger partial charge in [-0.05, 0) is 31.2 Å². The van der Waals surface area contributed by atoms with E-state index >= 15 is 0 Å². The van der Waals surface area contributed by atoms with Gasteiger partial charge in [-0.1, -0.05) is 0 Å². The smallest absolute Gasteiger partial charge is 0.238 e. The van der Waals surface area contributed by atoms with Gasteiger partial charge in [0.2, 0.25) is 11.8 Å². The molecule has 0 unspecified atom stereocenters. The van der Waals surface area contributed by atoms with Crippen molar-refractivity contribution in [3.63, 3.8) is 0 Å². The van der Waals surface area contributed by atoms with Gasteiger partial charge in [0, 0.05) is 43.2 Å². The van der Waals surface area contributed by atoms with E-state index in [1.165, 1.54) is 0 Å². The van der Waals surface area contributed by atoms with Crippen LogP contribution in [0.3, 0.4) is 0 Å². The number of hydrogen-bond donors (Lipinski definition) is 3. The molecule has 2 aromatic heterocycles. The van der Waals surface area contributed by atoms with Crippen molar-refractivity contribution in [2.24, 2.45) is 4.99 Å². The molecular formula is C16H21Cl3N6O. The van der Waals surface area contributed by atoms with Gasteiger partial charge >= 0.3 is 0 Å². The Balaban J connectivity index is 0.00000113. The quantitative estimate of drug-likeness (QED) is 0.696. The Hall–Kier alpha value is -1.80. The van der Waals surface area contributed by atoms with E-state index < -0.39 is 0 Å². The van der Waals surface area contributed by atoms with Crippen LogP contribution < -0.4 is 10.2 Å². The summed E-state index contributed by atoms with van der Waals surface area (Å²) in [5, 5.41) is 13.5. The van der Waals surface area contributed by atoms with Crippen LogP contribution in [0.5, 0.6) is 5.88 Å². The average molecular weight is 420 g/mol. The van der Waals surface area contributed by atoms with E-state index in [1.807, 2.05) is 18.2 Å². The van der Waals surface area contributed by atoms with E-state index in [9.17, 15) is 5.11 Å². The Labute approximate surface area is 170 Å². The lowest BCUT2D eigenvalue weighted by atomic mass is 10.1. The molecular weight excluding hydrogens is 399 g/mol. The predicted octanol–water partition coefficient (Wildman–Crippen LogP) is 2.83. The maximum absolute atomic E-state index is 10.2. The number of aromatic nitrogens is 3. The van der Waals surface area contributed by atoms with Crippen molar-refractivity contribution in [3.8, 4) is 5.88 Å².